The van der Waals surface area contributed by atoms with Crippen molar-refractivity contribution in [1.29, 1.82) is 0 Å². The Morgan fingerprint density at radius 2 is 2.33 bits per heavy atom. The van der Waals surface area contributed by atoms with Crippen molar-refractivity contribution in [2.75, 3.05) is 11.9 Å². The van der Waals surface area contributed by atoms with Crippen LogP contribution < -0.4 is 5.32 Å². The van der Waals surface area contributed by atoms with Gasteiger partial charge in [0.25, 0.3) is 0 Å². The van der Waals surface area contributed by atoms with Crippen molar-refractivity contribution in [3.05, 3.63) is 11.1 Å². The Morgan fingerprint density at radius 1 is 1.61 bits per heavy atom. The van der Waals surface area contributed by atoms with Crippen LogP contribution >= 0.6 is 11.3 Å². The largest absolute Gasteiger partial charge is 0.339 e. The molecule has 5 nitrogen and oxygen atoms in total. The lowest BCUT2D eigenvalue weighted by Crippen LogP contribution is -2.33. The molecule has 0 aromatic carbocycles. The highest BCUT2D eigenvalue weighted by molar-refractivity contribution is 7.13. The molecule has 1 N–H and O–H groups in total. The minimum atomic E-state index is -0.260. The lowest BCUT2D eigenvalue weighted by molar-refractivity contribution is -0.129. The van der Waals surface area contributed by atoms with Crippen LogP contribution in [0.15, 0.2) is 5.38 Å². The average Bonchev–Trinajstić information content (AvgIpc) is 2.85. The predicted molar refractivity (Wildman–Crippen MR) is 70.4 cm³/mol. The van der Waals surface area contributed by atoms with Crippen molar-refractivity contribution < 1.29 is 9.59 Å². The number of likely N-dealkylation sites (tertiary alicyclic amines) is 1. The summed E-state index contributed by atoms with van der Waals surface area (Å²) >= 11 is 1.40. The zero-order valence-electron chi connectivity index (χ0n) is 10.8. The van der Waals surface area contributed by atoms with Crippen LogP contribution in [0.3, 0.4) is 0 Å². The number of hydrogen-bond acceptors (Lipinski definition) is 4. The fraction of sp³-hybridized carbons (Fsp3) is 0.583. The zero-order chi connectivity index (χ0) is 13.3. The number of anilines is 1. The van der Waals surface area contributed by atoms with Crippen LogP contribution in [0.4, 0.5) is 5.13 Å². The number of nitrogens with zero attached hydrogens (tertiary/aromatic N) is 2. The van der Waals surface area contributed by atoms with Gasteiger partial charge in [-0.15, -0.1) is 11.3 Å². The molecule has 1 aromatic heterocycles. The maximum atomic E-state index is 12.0. The van der Waals surface area contributed by atoms with Gasteiger partial charge in [0.1, 0.15) is 0 Å². The molecule has 6 heteroatoms. The van der Waals surface area contributed by atoms with Gasteiger partial charge in [0.05, 0.1) is 11.6 Å². The summed E-state index contributed by atoms with van der Waals surface area (Å²) in [4.78, 5) is 29.7. The maximum Gasteiger partial charge on any atom is 0.231 e. The molecule has 0 radical (unpaired) electrons. The first-order valence-corrected chi connectivity index (χ1v) is 6.88. The summed E-state index contributed by atoms with van der Waals surface area (Å²) in [6.45, 7) is 6.31. The molecule has 0 aliphatic carbocycles. The van der Waals surface area contributed by atoms with Crippen molar-refractivity contribution in [2.24, 2.45) is 5.92 Å². The molecular formula is C12H17N3O2S. The highest BCUT2D eigenvalue weighted by Gasteiger charge is 2.35. The fourth-order valence-corrected chi connectivity index (χ4v) is 2.72. The molecular weight excluding hydrogens is 250 g/mol. The van der Waals surface area contributed by atoms with E-state index in [0.717, 1.165) is 5.69 Å². The second-order valence-electron chi connectivity index (χ2n) is 4.82. The van der Waals surface area contributed by atoms with Crippen molar-refractivity contribution in [2.45, 2.75) is 33.2 Å². The number of thiazole rings is 1. The minimum absolute atomic E-state index is 0.0560. The summed E-state index contributed by atoms with van der Waals surface area (Å²) in [6.07, 6.45) is 0.300. The van der Waals surface area contributed by atoms with Crippen LogP contribution in [-0.4, -0.2) is 34.3 Å². The molecule has 0 saturated carbocycles. The molecule has 2 heterocycles. The van der Waals surface area contributed by atoms with Gasteiger partial charge in [0, 0.05) is 24.4 Å². The Balaban J connectivity index is 1.97. The summed E-state index contributed by atoms with van der Waals surface area (Å²) in [5, 5.41) is 5.26. The van der Waals surface area contributed by atoms with Gasteiger partial charge in [-0.05, 0) is 20.8 Å². The molecule has 2 rings (SSSR count). The second-order valence-corrected chi connectivity index (χ2v) is 5.68. The first-order valence-electron chi connectivity index (χ1n) is 6.00. The molecule has 1 aliphatic rings. The normalized spacial score (nSPS) is 19.7. The molecule has 1 aromatic rings. The number of carbonyl (C=O) groups is 2. The average molecular weight is 267 g/mol. The molecule has 0 unspecified atom stereocenters. The molecule has 0 spiro atoms. The van der Waals surface area contributed by atoms with E-state index in [0.29, 0.717) is 18.1 Å². The van der Waals surface area contributed by atoms with E-state index in [2.05, 4.69) is 10.3 Å². The topological polar surface area (TPSA) is 62.3 Å². The number of carbonyl (C=O) groups excluding carboxylic acids is 2. The Morgan fingerprint density at radius 3 is 2.83 bits per heavy atom. The van der Waals surface area contributed by atoms with Gasteiger partial charge in [-0.25, -0.2) is 4.98 Å². The molecule has 1 saturated heterocycles. The summed E-state index contributed by atoms with van der Waals surface area (Å²) in [7, 11) is 0. The monoisotopic (exact) mass is 267 g/mol. The van der Waals surface area contributed by atoms with Gasteiger partial charge in [-0.3, -0.25) is 9.59 Å². The van der Waals surface area contributed by atoms with Crippen LogP contribution in [0.5, 0.6) is 0 Å². The van der Waals surface area contributed by atoms with Crippen LogP contribution in [-0.2, 0) is 9.59 Å². The molecule has 0 bridgehead atoms. The van der Waals surface area contributed by atoms with Crippen molar-refractivity contribution in [3.8, 4) is 0 Å². The molecule has 98 valence electrons. The zero-order valence-corrected chi connectivity index (χ0v) is 11.6. The van der Waals surface area contributed by atoms with E-state index >= 15 is 0 Å². The number of nitrogens with one attached hydrogen (secondary N) is 1. The van der Waals surface area contributed by atoms with Crippen LogP contribution in [0.25, 0.3) is 0 Å². The highest BCUT2D eigenvalue weighted by Crippen LogP contribution is 2.22. The first-order chi connectivity index (χ1) is 8.47. The summed E-state index contributed by atoms with van der Waals surface area (Å²) in [5.74, 6) is -0.314. The van der Waals surface area contributed by atoms with Gasteiger partial charge in [0.2, 0.25) is 11.8 Å². The van der Waals surface area contributed by atoms with E-state index in [1.54, 1.807) is 4.90 Å². The number of rotatable bonds is 3. The van der Waals surface area contributed by atoms with E-state index in [4.69, 9.17) is 0 Å². The Hall–Kier alpha value is -1.43. The fourth-order valence-electron chi connectivity index (χ4n) is 2.03. The Labute approximate surface area is 110 Å². The van der Waals surface area contributed by atoms with E-state index in [-0.39, 0.29) is 23.8 Å². The van der Waals surface area contributed by atoms with Gasteiger partial charge in [0.15, 0.2) is 5.13 Å². The standard InChI is InChI=1S/C12H17N3O2S/c1-7(2)15-5-9(4-10(15)16)11(17)14-12-13-8(3)6-18-12/h6-7,9H,4-5H2,1-3H3,(H,13,14,17)/t9-/m1/s1. The smallest absolute Gasteiger partial charge is 0.231 e. The van der Waals surface area contributed by atoms with E-state index in [1.165, 1.54) is 11.3 Å². The van der Waals surface area contributed by atoms with E-state index in [9.17, 15) is 9.59 Å². The molecule has 1 fully saturated rings. The van der Waals surface area contributed by atoms with Crippen LogP contribution in [0, 0.1) is 12.8 Å². The van der Waals surface area contributed by atoms with Crippen LogP contribution in [0.2, 0.25) is 0 Å². The SMILES string of the molecule is Cc1csc(NC(=O)[C@@H]2CC(=O)N(C(C)C)C2)n1. The first kappa shape index (κ1) is 13.0. The summed E-state index contributed by atoms with van der Waals surface area (Å²) in [5.41, 5.74) is 0.890. The predicted octanol–water partition coefficient (Wildman–Crippen LogP) is 1.65. The van der Waals surface area contributed by atoms with Gasteiger partial charge >= 0.3 is 0 Å². The second kappa shape index (κ2) is 5.06. The van der Waals surface area contributed by atoms with E-state index < -0.39 is 0 Å². The summed E-state index contributed by atoms with van der Waals surface area (Å²) in [6, 6.07) is 0.150. The minimum Gasteiger partial charge on any atom is -0.339 e. The maximum absolute atomic E-state index is 12.0. The molecule has 18 heavy (non-hydrogen) atoms. The number of aryl methyl sites for hydroxylation is 1. The third kappa shape index (κ3) is 2.69. The van der Waals surface area contributed by atoms with Crippen molar-refractivity contribution in [3.63, 3.8) is 0 Å². The highest BCUT2D eigenvalue weighted by atomic mass is 32.1. The van der Waals surface area contributed by atoms with E-state index in [1.807, 2.05) is 26.2 Å². The lowest BCUT2D eigenvalue weighted by Gasteiger charge is -2.20. The lowest BCUT2D eigenvalue weighted by atomic mass is 10.1. The quantitative estimate of drug-likeness (QED) is 0.905. The molecule has 1 atom stereocenters. The van der Waals surface area contributed by atoms with Gasteiger partial charge in [-0.1, -0.05) is 0 Å². The third-order valence-corrected chi connectivity index (χ3v) is 3.88. The van der Waals surface area contributed by atoms with Gasteiger partial charge in [-0.2, -0.15) is 0 Å². The van der Waals surface area contributed by atoms with Crippen molar-refractivity contribution >= 4 is 28.3 Å². The number of amides is 2. The number of hydrogen-bond donors (Lipinski definition) is 1. The number of aromatic nitrogens is 1. The Bertz CT molecular complexity index is 470. The van der Waals surface area contributed by atoms with Gasteiger partial charge < -0.3 is 10.2 Å². The third-order valence-electron chi connectivity index (χ3n) is 3.00. The molecule has 2 amide bonds. The van der Waals surface area contributed by atoms with Crippen molar-refractivity contribution in [1.82, 2.24) is 9.88 Å². The Kier molecular flexibility index (Phi) is 3.65. The summed E-state index contributed by atoms with van der Waals surface area (Å²) < 4.78 is 0. The molecule has 1 aliphatic heterocycles. The van der Waals surface area contributed by atoms with Crippen LogP contribution in [0.1, 0.15) is 26.0 Å².